The molecule has 5 rings (SSSR count). The van der Waals surface area contributed by atoms with Gasteiger partial charge in [-0.2, -0.15) is 0 Å². The van der Waals surface area contributed by atoms with E-state index in [9.17, 15) is 9.59 Å². The molecule has 0 spiro atoms. The third-order valence-electron chi connectivity index (χ3n) is 6.04. The van der Waals surface area contributed by atoms with Crippen molar-refractivity contribution in [2.45, 2.75) is 19.4 Å². The first-order valence-electron chi connectivity index (χ1n) is 11.1. The summed E-state index contributed by atoms with van der Waals surface area (Å²) >= 11 is 11.6. The van der Waals surface area contributed by atoms with Gasteiger partial charge < -0.3 is 4.90 Å². The minimum atomic E-state index is -0.512. The molecule has 7 heteroatoms. The van der Waals surface area contributed by atoms with Crippen molar-refractivity contribution < 1.29 is 9.59 Å². The Labute approximate surface area is 208 Å². The van der Waals surface area contributed by atoms with Crippen LogP contribution in [-0.4, -0.2) is 23.5 Å². The molecule has 170 valence electrons. The molecule has 1 fully saturated rings. The van der Waals surface area contributed by atoms with Crippen LogP contribution in [0.25, 0.3) is 6.08 Å². The van der Waals surface area contributed by atoms with Crippen molar-refractivity contribution in [2.24, 2.45) is 0 Å². The summed E-state index contributed by atoms with van der Waals surface area (Å²) < 4.78 is 0. The first kappa shape index (κ1) is 22.3. The number of hydrogen-bond donors (Lipinski definition) is 1. The van der Waals surface area contributed by atoms with Crippen molar-refractivity contribution in [3.05, 3.63) is 100 Å². The third-order valence-corrected chi connectivity index (χ3v) is 6.64. The second-order valence-corrected chi connectivity index (χ2v) is 9.10. The van der Waals surface area contributed by atoms with Crippen molar-refractivity contribution in [1.82, 2.24) is 5.32 Å². The summed E-state index contributed by atoms with van der Waals surface area (Å²) in [5, 5.41) is 3.01. The molecule has 1 saturated heterocycles. The molecule has 0 aliphatic carbocycles. The number of carbonyl (C=O) groups is 2. The SMILES string of the molecule is O=C1NC(=S)N(c2ccccc2Cl)C(=O)C1=Cc1ccc2c(c1)CCCN2Cc1ccccc1. The smallest absolute Gasteiger partial charge is 0.270 e. The van der Waals surface area contributed by atoms with Crippen LogP contribution in [0.15, 0.2) is 78.4 Å². The van der Waals surface area contributed by atoms with Crippen LogP contribution in [-0.2, 0) is 22.6 Å². The van der Waals surface area contributed by atoms with Crippen LogP contribution in [0.4, 0.5) is 11.4 Å². The zero-order valence-electron chi connectivity index (χ0n) is 18.3. The van der Waals surface area contributed by atoms with Crippen molar-refractivity contribution in [1.29, 1.82) is 0 Å². The maximum atomic E-state index is 13.3. The number of halogens is 1. The van der Waals surface area contributed by atoms with Crippen molar-refractivity contribution in [2.75, 3.05) is 16.3 Å². The summed E-state index contributed by atoms with van der Waals surface area (Å²) in [6, 6.07) is 23.4. The molecule has 5 nitrogen and oxygen atoms in total. The number of carbonyl (C=O) groups excluding carboxylic acids is 2. The number of benzene rings is 3. The number of aryl methyl sites for hydroxylation is 1. The molecule has 0 unspecified atom stereocenters. The van der Waals surface area contributed by atoms with Gasteiger partial charge in [0.05, 0.1) is 10.7 Å². The molecule has 0 bridgehead atoms. The molecule has 2 aliphatic rings. The third kappa shape index (κ3) is 4.34. The lowest BCUT2D eigenvalue weighted by molar-refractivity contribution is -0.122. The number of amides is 2. The van der Waals surface area contributed by atoms with Crippen LogP contribution in [0, 0.1) is 0 Å². The monoisotopic (exact) mass is 487 g/mol. The predicted octanol–water partition coefficient (Wildman–Crippen LogP) is 5.12. The zero-order valence-corrected chi connectivity index (χ0v) is 19.9. The number of nitrogens with one attached hydrogen (secondary N) is 1. The van der Waals surface area contributed by atoms with Gasteiger partial charge in [-0.15, -0.1) is 0 Å². The fourth-order valence-electron chi connectivity index (χ4n) is 4.43. The van der Waals surface area contributed by atoms with Crippen LogP contribution in [0.1, 0.15) is 23.1 Å². The molecule has 0 saturated carbocycles. The quantitative estimate of drug-likeness (QED) is 0.315. The fraction of sp³-hybridized carbons (Fsp3) is 0.148. The molecule has 0 atom stereocenters. The van der Waals surface area contributed by atoms with E-state index in [0.717, 1.165) is 31.5 Å². The van der Waals surface area contributed by atoms with E-state index >= 15 is 0 Å². The number of anilines is 2. The van der Waals surface area contributed by atoms with Gasteiger partial charge >= 0.3 is 0 Å². The standard InChI is InChI=1S/C27H22ClN3O2S/c28-22-10-4-5-11-24(22)31-26(33)21(25(32)29-27(31)34)16-19-12-13-23-20(15-19)9-6-14-30(23)17-18-7-2-1-3-8-18/h1-5,7-8,10-13,15-16H,6,9,14,17H2,(H,29,32,34). The Morgan fingerprint density at radius 3 is 2.53 bits per heavy atom. The topological polar surface area (TPSA) is 52.7 Å². The Hall–Kier alpha value is -3.48. The Kier molecular flexibility index (Phi) is 6.18. The summed E-state index contributed by atoms with van der Waals surface area (Å²) in [6.45, 7) is 1.84. The van der Waals surface area contributed by atoms with Crippen molar-refractivity contribution in [3.8, 4) is 0 Å². The first-order valence-corrected chi connectivity index (χ1v) is 11.9. The van der Waals surface area contributed by atoms with E-state index in [4.69, 9.17) is 23.8 Å². The highest BCUT2D eigenvalue weighted by Gasteiger charge is 2.35. The molecule has 2 aliphatic heterocycles. The summed E-state index contributed by atoms with van der Waals surface area (Å²) in [4.78, 5) is 29.6. The van der Waals surface area contributed by atoms with E-state index in [1.165, 1.54) is 21.7 Å². The minimum Gasteiger partial charge on any atom is -0.367 e. The average Bonchev–Trinajstić information content (AvgIpc) is 2.83. The van der Waals surface area contributed by atoms with Crippen molar-refractivity contribution >= 4 is 58.2 Å². The van der Waals surface area contributed by atoms with Gasteiger partial charge in [0, 0.05) is 18.8 Å². The number of hydrogen-bond acceptors (Lipinski definition) is 4. The van der Waals surface area contributed by atoms with Crippen LogP contribution in [0.3, 0.4) is 0 Å². The molecule has 3 aromatic rings. The molecular weight excluding hydrogens is 466 g/mol. The number of rotatable bonds is 4. The summed E-state index contributed by atoms with van der Waals surface area (Å²) in [6.07, 6.45) is 3.63. The van der Waals surface area contributed by atoms with Gasteiger partial charge in [-0.05, 0) is 72.1 Å². The molecular formula is C27H22ClN3O2S. The van der Waals surface area contributed by atoms with Gasteiger partial charge in [0.15, 0.2) is 5.11 Å². The Morgan fingerprint density at radius 1 is 0.971 bits per heavy atom. The second-order valence-electron chi connectivity index (χ2n) is 8.31. The highest BCUT2D eigenvalue weighted by atomic mass is 35.5. The first-order chi connectivity index (χ1) is 16.5. The highest BCUT2D eigenvalue weighted by molar-refractivity contribution is 7.80. The molecule has 1 N–H and O–H groups in total. The lowest BCUT2D eigenvalue weighted by Gasteiger charge is -2.32. The molecule has 0 aromatic heterocycles. The Bertz CT molecular complexity index is 1320. The van der Waals surface area contributed by atoms with Gasteiger partial charge in [-0.3, -0.25) is 19.8 Å². The molecule has 0 radical (unpaired) electrons. The van der Waals surface area contributed by atoms with Crippen LogP contribution in [0.5, 0.6) is 0 Å². The molecule has 2 heterocycles. The molecule has 34 heavy (non-hydrogen) atoms. The summed E-state index contributed by atoms with van der Waals surface area (Å²) in [7, 11) is 0. The number of fused-ring (bicyclic) bond motifs is 1. The normalized spacial score (nSPS) is 17.1. The maximum absolute atomic E-state index is 13.3. The molecule has 2 amide bonds. The van der Waals surface area contributed by atoms with Gasteiger partial charge in [0.2, 0.25) is 0 Å². The zero-order chi connectivity index (χ0) is 23.7. The van der Waals surface area contributed by atoms with Crippen LogP contribution >= 0.6 is 23.8 Å². The Morgan fingerprint density at radius 2 is 1.74 bits per heavy atom. The number of nitrogens with zero attached hydrogens (tertiary/aromatic N) is 2. The van der Waals surface area contributed by atoms with E-state index in [-0.39, 0.29) is 10.7 Å². The van der Waals surface area contributed by atoms with E-state index in [0.29, 0.717) is 10.7 Å². The highest BCUT2D eigenvalue weighted by Crippen LogP contribution is 2.32. The van der Waals surface area contributed by atoms with Crippen LogP contribution in [0.2, 0.25) is 5.02 Å². The van der Waals surface area contributed by atoms with Crippen LogP contribution < -0.4 is 15.1 Å². The van der Waals surface area contributed by atoms with E-state index < -0.39 is 11.8 Å². The fourth-order valence-corrected chi connectivity index (χ4v) is 4.92. The van der Waals surface area contributed by atoms with Gasteiger partial charge in [0.1, 0.15) is 5.57 Å². The Balaban J connectivity index is 1.45. The summed E-state index contributed by atoms with van der Waals surface area (Å²) in [5.41, 5.74) is 4.92. The average molecular weight is 488 g/mol. The number of para-hydroxylation sites is 1. The minimum absolute atomic E-state index is 0.0160. The van der Waals surface area contributed by atoms with Gasteiger partial charge in [-0.25, -0.2) is 0 Å². The van der Waals surface area contributed by atoms with Crippen molar-refractivity contribution in [3.63, 3.8) is 0 Å². The largest absolute Gasteiger partial charge is 0.367 e. The lowest BCUT2D eigenvalue weighted by atomic mass is 9.97. The van der Waals surface area contributed by atoms with Gasteiger partial charge in [-0.1, -0.05) is 60.1 Å². The van der Waals surface area contributed by atoms with Gasteiger partial charge in [0.25, 0.3) is 11.8 Å². The second kappa shape index (κ2) is 9.41. The van der Waals surface area contributed by atoms with E-state index in [1.807, 2.05) is 12.1 Å². The summed E-state index contributed by atoms with van der Waals surface area (Å²) in [5.74, 6) is -1.01. The lowest BCUT2D eigenvalue weighted by Crippen LogP contribution is -2.54. The maximum Gasteiger partial charge on any atom is 0.270 e. The number of thiocarbonyl (C=S) groups is 1. The molecule has 3 aromatic carbocycles. The van der Waals surface area contributed by atoms with E-state index in [1.54, 1.807) is 30.3 Å². The van der Waals surface area contributed by atoms with E-state index in [2.05, 4.69) is 46.6 Å². The predicted molar refractivity (Wildman–Crippen MR) is 140 cm³/mol.